The van der Waals surface area contributed by atoms with E-state index in [2.05, 4.69) is 20.7 Å². The second kappa shape index (κ2) is 3.79. The Hall–Kier alpha value is -0.550. The highest BCUT2D eigenvalue weighted by molar-refractivity contribution is 9.09. The molecule has 1 aromatic rings. The Labute approximate surface area is 93.4 Å². The minimum Gasteiger partial charge on any atom is -0.320 e. The molecule has 2 rings (SSSR count). The number of hydrogen-bond donors (Lipinski definition) is 0. The third-order valence-corrected chi connectivity index (χ3v) is 3.42. The minimum absolute atomic E-state index is 0.361. The van der Waals surface area contributed by atoms with Crippen LogP contribution in [0.3, 0.4) is 0 Å². The predicted molar refractivity (Wildman–Crippen MR) is 52.8 cm³/mol. The van der Waals surface area contributed by atoms with Gasteiger partial charge in [0.1, 0.15) is 0 Å². The fourth-order valence-electron chi connectivity index (χ4n) is 1.52. The molecule has 0 aliphatic carbocycles. The van der Waals surface area contributed by atoms with Crippen LogP contribution >= 0.6 is 15.9 Å². The quantitative estimate of drug-likeness (QED) is 0.718. The van der Waals surface area contributed by atoms with Gasteiger partial charge in [0.25, 0.3) is 0 Å². The van der Waals surface area contributed by atoms with Crippen molar-refractivity contribution in [3.05, 3.63) is 35.9 Å². The molecule has 1 saturated heterocycles. The lowest BCUT2D eigenvalue weighted by atomic mass is 10.0. The first-order valence-electron chi connectivity index (χ1n) is 4.40. The van der Waals surface area contributed by atoms with Gasteiger partial charge in [0.2, 0.25) is 6.36 Å². The molecule has 1 aliphatic rings. The first-order valence-corrected chi connectivity index (χ1v) is 5.19. The average molecular weight is 281 g/mol. The molecule has 1 aromatic carbocycles. The molecule has 0 aromatic heterocycles. The van der Waals surface area contributed by atoms with Crippen molar-refractivity contribution in [3.63, 3.8) is 0 Å². The van der Waals surface area contributed by atoms with Crippen LogP contribution in [0.25, 0.3) is 0 Å². The molecule has 0 spiro atoms. The third kappa shape index (κ3) is 1.67. The number of ether oxygens (including phenoxy) is 1. The van der Waals surface area contributed by atoms with E-state index in [-0.39, 0.29) is 0 Å². The van der Waals surface area contributed by atoms with Gasteiger partial charge in [-0.2, -0.15) is 0 Å². The van der Waals surface area contributed by atoms with Crippen LogP contribution in [0.2, 0.25) is 0 Å². The molecule has 15 heavy (non-hydrogen) atoms. The van der Waals surface area contributed by atoms with E-state index in [1.54, 1.807) is 30.3 Å². The summed E-state index contributed by atoms with van der Waals surface area (Å²) in [5, 5.41) is 0. The van der Waals surface area contributed by atoms with Crippen molar-refractivity contribution in [1.29, 1.82) is 0 Å². The van der Waals surface area contributed by atoms with Crippen molar-refractivity contribution in [2.45, 2.75) is 23.2 Å². The topological polar surface area (TPSA) is 9.23 Å². The molecule has 82 valence electrons. The maximum atomic E-state index is 13.5. The predicted octanol–water partition coefficient (Wildman–Crippen LogP) is 3.24. The maximum Gasteiger partial charge on any atom is 0.235 e. The number of benzene rings is 1. The van der Waals surface area contributed by atoms with Crippen LogP contribution in [0.1, 0.15) is 5.56 Å². The van der Waals surface area contributed by atoms with Gasteiger partial charge in [-0.3, -0.25) is 0 Å². The summed E-state index contributed by atoms with van der Waals surface area (Å²) in [6.45, 7) is 0. The summed E-state index contributed by atoms with van der Waals surface area (Å²) in [7, 11) is 0. The highest BCUT2D eigenvalue weighted by Crippen LogP contribution is 2.47. The Bertz CT molecular complexity index is 348. The van der Waals surface area contributed by atoms with E-state index in [1.807, 2.05) is 0 Å². The zero-order valence-corrected chi connectivity index (χ0v) is 9.12. The first-order chi connectivity index (χ1) is 7.05. The van der Waals surface area contributed by atoms with E-state index < -0.39 is 23.2 Å². The summed E-state index contributed by atoms with van der Waals surface area (Å²) in [5.74, 6) is 0. The molecule has 1 aliphatic heterocycles. The Morgan fingerprint density at radius 3 is 2.20 bits per heavy atom. The zero-order chi connectivity index (χ0) is 11.1. The highest BCUT2D eigenvalue weighted by atomic mass is 79.9. The van der Waals surface area contributed by atoms with E-state index in [4.69, 9.17) is 0 Å². The van der Waals surface area contributed by atoms with Crippen LogP contribution in [0, 0.1) is 0 Å². The maximum absolute atomic E-state index is 13.5. The summed E-state index contributed by atoms with van der Waals surface area (Å²) in [4.78, 5) is 0. The van der Waals surface area contributed by atoms with Crippen LogP contribution in [-0.4, -0.2) is 18.7 Å². The lowest BCUT2D eigenvalue weighted by molar-refractivity contribution is -0.0697. The van der Waals surface area contributed by atoms with E-state index in [0.717, 1.165) is 0 Å². The smallest absolute Gasteiger partial charge is 0.235 e. The van der Waals surface area contributed by atoms with Gasteiger partial charge in [-0.1, -0.05) is 30.3 Å². The molecule has 4 unspecified atom stereocenters. The highest BCUT2D eigenvalue weighted by Gasteiger charge is 2.56. The van der Waals surface area contributed by atoms with Crippen molar-refractivity contribution >= 4 is 15.9 Å². The van der Waals surface area contributed by atoms with Crippen LogP contribution in [0.15, 0.2) is 30.3 Å². The summed E-state index contributed by atoms with van der Waals surface area (Å²) in [6.07, 6.45) is -6.56. The van der Waals surface area contributed by atoms with Crippen LogP contribution in [0.5, 0.6) is 0 Å². The average Bonchev–Trinajstić information content (AvgIpc) is 2.45. The standard InChI is InChI=1S/C10H8BrF3O/c11-10(6-4-2-1-3-5-6)8(13)7(12)9(14)15-10/h1-5,7-9H. The number of halogens is 4. The van der Waals surface area contributed by atoms with Crippen molar-refractivity contribution in [3.8, 4) is 0 Å². The van der Waals surface area contributed by atoms with E-state index in [0.29, 0.717) is 5.56 Å². The second-order valence-corrected chi connectivity index (χ2v) is 4.50. The van der Waals surface area contributed by atoms with Gasteiger partial charge in [0, 0.05) is 0 Å². The lowest BCUT2D eigenvalue weighted by Gasteiger charge is -2.23. The molecule has 0 saturated carbocycles. The summed E-state index contributed by atoms with van der Waals surface area (Å²) in [6, 6.07) is 8.11. The molecule has 1 heterocycles. The van der Waals surface area contributed by atoms with Gasteiger partial charge in [-0.05, 0) is 21.5 Å². The molecule has 4 atom stereocenters. The normalized spacial score (nSPS) is 40.7. The molecule has 0 bridgehead atoms. The first kappa shape index (κ1) is 11.0. The van der Waals surface area contributed by atoms with Crippen molar-refractivity contribution in [2.24, 2.45) is 0 Å². The van der Waals surface area contributed by atoms with E-state index in [9.17, 15) is 13.2 Å². The van der Waals surface area contributed by atoms with E-state index >= 15 is 0 Å². The monoisotopic (exact) mass is 280 g/mol. The van der Waals surface area contributed by atoms with Gasteiger partial charge in [-0.15, -0.1) is 0 Å². The Kier molecular flexibility index (Phi) is 2.77. The summed E-state index contributed by atoms with van der Waals surface area (Å²) < 4.78 is 42.3. The molecule has 0 radical (unpaired) electrons. The minimum atomic E-state index is -2.26. The van der Waals surface area contributed by atoms with Crippen molar-refractivity contribution in [1.82, 2.24) is 0 Å². The molecule has 5 heteroatoms. The van der Waals surface area contributed by atoms with Crippen molar-refractivity contribution in [2.75, 3.05) is 0 Å². The Balaban J connectivity index is 2.36. The van der Waals surface area contributed by atoms with Crippen LogP contribution < -0.4 is 0 Å². The number of hydrogen-bond acceptors (Lipinski definition) is 1. The van der Waals surface area contributed by atoms with Crippen LogP contribution in [0.4, 0.5) is 13.2 Å². The van der Waals surface area contributed by atoms with Gasteiger partial charge in [0.05, 0.1) is 0 Å². The largest absolute Gasteiger partial charge is 0.320 e. The Morgan fingerprint density at radius 1 is 1.13 bits per heavy atom. The molecule has 0 N–H and O–H groups in total. The molecular formula is C10H8BrF3O. The zero-order valence-electron chi connectivity index (χ0n) is 7.54. The van der Waals surface area contributed by atoms with Gasteiger partial charge >= 0.3 is 0 Å². The molecule has 0 amide bonds. The molecule has 1 fully saturated rings. The molecule has 1 nitrogen and oxygen atoms in total. The van der Waals surface area contributed by atoms with Crippen LogP contribution in [-0.2, 0) is 9.25 Å². The summed E-state index contributed by atoms with van der Waals surface area (Å²) in [5.41, 5.74) is 0.361. The second-order valence-electron chi connectivity index (χ2n) is 3.33. The number of alkyl halides is 4. The summed E-state index contributed by atoms with van der Waals surface area (Å²) >= 11 is 2.92. The molecular weight excluding hydrogens is 273 g/mol. The van der Waals surface area contributed by atoms with Gasteiger partial charge in [-0.25, -0.2) is 13.2 Å². The lowest BCUT2D eigenvalue weighted by Crippen LogP contribution is -2.30. The fraction of sp³-hybridized carbons (Fsp3) is 0.400. The Morgan fingerprint density at radius 2 is 1.73 bits per heavy atom. The van der Waals surface area contributed by atoms with Gasteiger partial charge in [0.15, 0.2) is 16.9 Å². The fourth-order valence-corrected chi connectivity index (χ4v) is 2.22. The van der Waals surface area contributed by atoms with E-state index in [1.165, 1.54) is 0 Å². The van der Waals surface area contributed by atoms with Crippen molar-refractivity contribution < 1.29 is 17.9 Å². The third-order valence-electron chi connectivity index (χ3n) is 2.34. The number of rotatable bonds is 1. The SMILES string of the molecule is FC1OC(Br)(c2ccccc2)C(F)C1F. The van der Waals surface area contributed by atoms with Gasteiger partial charge < -0.3 is 4.74 Å².